The van der Waals surface area contributed by atoms with E-state index < -0.39 is 29.3 Å². The van der Waals surface area contributed by atoms with E-state index in [1.165, 1.54) is 5.56 Å². The maximum atomic E-state index is 14.6. The summed E-state index contributed by atoms with van der Waals surface area (Å²) in [5, 5.41) is 15.4. The summed E-state index contributed by atoms with van der Waals surface area (Å²) in [5.74, 6) is -4.56. The van der Waals surface area contributed by atoms with Gasteiger partial charge in [-0.15, -0.1) is 0 Å². The number of halogens is 2. The average Bonchev–Trinajstić information content (AvgIpc) is 2.91. The highest BCUT2D eigenvalue weighted by atomic mass is 19.3. The Bertz CT molecular complexity index is 935. The number of aryl methyl sites for hydroxylation is 2. The van der Waals surface area contributed by atoms with E-state index >= 15 is 0 Å². The number of carboxylic acid groups (broad SMARTS) is 1. The molecule has 1 aromatic heterocycles. The minimum atomic E-state index is -3.30. The molecule has 40 heavy (non-hydrogen) atoms. The molecule has 0 aliphatic carbocycles. The molecule has 2 rings (SSSR count). The number of alkyl halides is 2. The zero-order chi connectivity index (χ0) is 29.8. The fraction of sp³-hybridized carbons (Fsp3) is 0.759. The minimum Gasteiger partial charge on any atom is -0.480 e. The second-order valence-corrected chi connectivity index (χ2v) is 10.9. The van der Waals surface area contributed by atoms with E-state index in [0.29, 0.717) is 26.2 Å². The molecule has 1 aliphatic rings. The molecule has 0 radical (unpaired) electrons. The summed E-state index contributed by atoms with van der Waals surface area (Å²) >= 11 is 0. The van der Waals surface area contributed by atoms with Crippen LogP contribution in [0.25, 0.3) is 0 Å². The van der Waals surface area contributed by atoms with Gasteiger partial charge in [0.1, 0.15) is 17.3 Å². The summed E-state index contributed by atoms with van der Waals surface area (Å²) in [6, 6.07) is 2.88. The van der Waals surface area contributed by atoms with Crippen molar-refractivity contribution in [3.8, 4) is 0 Å². The van der Waals surface area contributed by atoms with Crippen LogP contribution in [0.3, 0.4) is 0 Å². The van der Waals surface area contributed by atoms with Crippen LogP contribution < -0.4 is 10.6 Å². The molecular weight excluding hydrogens is 522 g/mol. The molecule has 1 atom stereocenters. The van der Waals surface area contributed by atoms with Crippen molar-refractivity contribution in [2.24, 2.45) is 5.41 Å². The topological polar surface area (TPSA) is 113 Å². The Morgan fingerprint density at radius 2 is 1.90 bits per heavy atom. The molecule has 1 fully saturated rings. The first kappa shape index (κ1) is 33.8. The van der Waals surface area contributed by atoms with Crippen molar-refractivity contribution in [2.75, 3.05) is 51.8 Å². The quantitative estimate of drug-likeness (QED) is 0.226. The number of rotatable bonds is 18. The van der Waals surface area contributed by atoms with Gasteiger partial charge in [-0.1, -0.05) is 13.0 Å². The number of ether oxygens (including phenoxy) is 2. The Kier molecular flexibility index (Phi) is 13.7. The van der Waals surface area contributed by atoms with Gasteiger partial charge in [-0.25, -0.2) is 18.6 Å². The van der Waals surface area contributed by atoms with Gasteiger partial charge in [-0.05, 0) is 77.0 Å². The molecule has 2 heterocycles. The van der Waals surface area contributed by atoms with Crippen LogP contribution in [0.1, 0.15) is 71.1 Å². The second-order valence-electron chi connectivity index (χ2n) is 10.9. The number of carboxylic acids is 1. The maximum absolute atomic E-state index is 14.6. The highest BCUT2D eigenvalue weighted by molar-refractivity contribution is 5.88. The van der Waals surface area contributed by atoms with E-state index in [4.69, 9.17) is 14.5 Å². The summed E-state index contributed by atoms with van der Waals surface area (Å²) in [4.78, 5) is 31.9. The van der Waals surface area contributed by atoms with Crippen LogP contribution in [0.2, 0.25) is 0 Å². The van der Waals surface area contributed by atoms with Crippen LogP contribution in [0.15, 0.2) is 12.1 Å². The molecule has 228 valence electrons. The molecule has 0 bridgehead atoms. The monoisotopic (exact) mass is 570 g/mol. The molecule has 3 N–H and O–H groups in total. The summed E-state index contributed by atoms with van der Waals surface area (Å²) in [7, 11) is 1.87. The van der Waals surface area contributed by atoms with Gasteiger partial charge >= 0.3 is 5.97 Å². The number of nitrogens with one attached hydrogen (secondary N) is 2. The smallest absolute Gasteiger partial charge is 0.326 e. The predicted octanol–water partition coefficient (Wildman–Crippen LogP) is 4.15. The van der Waals surface area contributed by atoms with Crippen LogP contribution in [-0.2, 0) is 31.9 Å². The summed E-state index contributed by atoms with van der Waals surface area (Å²) in [6.07, 6.45) is 3.35. The molecule has 0 spiro atoms. The second kappa shape index (κ2) is 16.2. The number of hydrogen-bond donors (Lipinski definition) is 3. The largest absolute Gasteiger partial charge is 0.480 e. The fourth-order valence-electron chi connectivity index (χ4n) is 5.01. The lowest BCUT2D eigenvalue weighted by atomic mass is 9.74. The molecule has 1 amide bonds. The molecular formula is C29H48F2N4O5. The predicted molar refractivity (Wildman–Crippen MR) is 151 cm³/mol. The van der Waals surface area contributed by atoms with E-state index in [9.17, 15) is 23.5 Å². The lowest BCUT2D eigenvalue weighted by Gasteiger charge is -2.40. The number of unbranched alkanes of at least 4 members (excludes halogenated alkanes) is 1. The third kappa shape index (κ3) is 9.92. The minimum absolute atomic E-state index is 0.0345. The zero-order valence-electron chi connectivity index (χ0n) is 24.7. The van der Waals surface area contributed by atoms with E-state index in [1.54, 1.807) is 0 Å². The molecule has 1 aliphatic heterocycles. The third-order valence-corrected chi connectivity index (χ3v) is 7.63. The zero-order valence-corrected chi connectivity index (χ0v) is 24.7. The first-order valence-corrected chi connectivity index (χ1v) is 14.4. The number of anilines is 1. The van der Waals surface area contributed by atoms with E-state index in [0.717, 1.165) is 44.1 Å². The number of aliphatic carboxylic acids is 1. The number of amides is 1. The lowest BCUT2D eigenvalue weighted by Crippen LogP contribution is -2.57. The van der Waals surface area contributed by atoms with Crippen molar-refractivity contribution in [2.45, 2.75) is 90.7 Å². The highest BCUT2D eigenvalue weighted by Gasteiger charge is 2.56. The van der Waals surface area contributed by atoms with Gasteiger partial charge in [-0.3, -0.25) is 4.79 Å². The standard InChI is InChI=1S/C29H48F2N4O5/c1-6-22-10-11-23(33-25(22)32-5)9-7-8-15-35(17-20-40-21(2)3)16-12-24(26(36)37)34-27(38)29(28(4,30)31)13-18-39-19-14-29/h10-11,21,24H,6-9,12-20H2,1-5H3,(H,32,33)(H,34,38)(H,36,37). The summed E-state index contributed by atoms with van der Waals surface area (Å²) in [6.45, 7) is 8.96. The molecule has 1 aromatic rings. The Balaban J connectivity index is 1.98. The van der Waals surface area contributed by atoms with Gasteiger partial charge in [0.2, 0.25) is 5.91 Å². The van der Waals surface area contributed by atoms with Crippen molar-refractivity contribution >= 4 is 17.7 Å². The Labute approximate surface area is 237 Å². The first-order valence-electron chi connectivity index (χ1n) is 14.4. The van der Waals surface area contributed by atoms with Gasteiger partial charge in [0.15, 0.2) is 0 Å². The van der Waals surface area contributed by atoms with Gasteiger partial charge < -0.3 is 30.1 Å². The summed E-state index contributed by atoms with van der Waals surface area (Å²) < 4.78 is 40.0. The number of pyridine rings is 1. The van der Waals surface area contributed by atoms with Crippen molar-refractivity contribution in [3.63, 3.8) is 0 Å². The van der Waals surface area contributed by atoms with Crippen LogP contribution in [-0.4, -0.2) is 91.4 Å². The Morgan fingerprint density at radius 1 is 1.20 bits per heavy atom. The van der Waals surface area contributed by atoms with Crippen molar-refractivity contribution in [1.29, 1.82) is 0 Å². The number of carbonyl (C=O) groups is 2. The average molecular weight is 571 g/mol. The third-order valence-electron chi connectivity index (χ3n) is 7.63. The number of hydrogen-bond acceptors (Lipinski definition) is 7. The number of carbonyl (C=O) groups excluding carboxylic acids is 1. The number of nitrogens with zero attached hydrogens (tertiary/aromatic N) is 2. The first-order chi connectivity index (χ1) is 18.9. The molecule has 11 heteroatoms. The van der Waals surface area contributed by atoms with Gasteiger partial charge in [0.25, 0.3) is 5.92 Å². The Hall–Kier alpha value is -2.37. The lowest BCUT2D eigenvalue weighted by molar-refractivity contribution is -0.176. The SMILES string of the molecule is CCc1ccc(CCCCN(CCOC(C)C)CCC(NC(=O)C2(C(C)(F)F)CCOCC2)C(=O)O)nc1NC. The van der Waals surface area contributed by atoms with Crippen molar-refractivity contribution in [3.05, 3.63) is 23.4 Å². The van der Waals surface area contributed by atoms with Crippen molar-refractivity contribution < 1.29 is 33.0 Å². The molecule has 9 nitrogen and oxygen atoms in total. The normalized spacial score (nSPS) is 16.2. The fourth-order valence-corrected chi connectivity index (χ4v) is 5.01. The van der Waals surface area contributed by atoms with E-state index in [2.05, 4.69) is 34.6 Å². The molecule has 0 saturated carbocycles. The van der Waals surface area contributed by atoms with Gasteiger partial charge in [0, 0.05) is 46.0 Å². The summed E-state index contributed by atoms with van der Waals surface area (Å²) in [5.41, 5.74) is 0.216. The van der Waals surface area contributed by atoms with Crippen LogP contribution in [0.4, 0.5) is 14.6 Å². The van der Waals surface area contributed by atoms with E-state index in [1.807, 2.05) is 20.9 Å². The van der Waals surface area contributed by atoms with Gasteiger partial charge in [-0.2, -0.15) is 0 Å². The molecule has 1 saturated heterocycles. The molecule has 0 aromatic carbocycles. The maximum Gasteiger partial charge on any atom is 0.326 e. The van der Waals surface area contributed by atoms with Crippen LogP contribution in [0.5, 0.6) is 0 Å². The highest BCUT2D eigenvalue weighted by Crippen LogP contribution is 2.45. The molecule has 1 unspecified atom stereocenters. The Morgan fingerprint density at radius 3 is 2.48 bits per heavy atom. The van der Waals surface area contributed by atoms with Gasteiger partial charge in [0.05, 0.1) is 12.7 Å². The van der Waals surface area contributed by atoms with E-state index in [-0.39, 0.29) is 38.6 Å². The van der Waals surface area contributed by atoms with Crippen molar-refractivity contribution in [1.82, 2.24) is 15.2 Å². The van der Waals surface area contributed by atoms with Crippen LogP contribution in [0, 0.1) is 5.41 Å². The number of aromatic nitrogens is 1. The van der Waals surface area contributed by atoms with Crippen LogP contribution >= 0.6 is 0 Å².